The normalized spacial score (nSPS) is 13.8. The monoisotopic (exact) mass is 250 g/mol. The Kier molecular flexibility index (Phi) is 10.9. The molecule has 0 radical (unpaired) electrons. The van der Waals surface area contributed by atoms with Gasteiger partial charge in [-0.15, -0.1) is 0 Å². The van der Waals surface area contributed by atoms with Gasteiger partial charge in [0.15, 0.2) is 0 Å². The highest BCUT2D eigenvalue weighted by atomic mass is 16.3. The van der Waals surface area contributed by atoms with Crippen LogP contribution >= 0.6 is 0 Å². The van der Waals surface area contributed by atoms with Crippen LogP contribution < -0.4 is 0 Å². The molecule has 4 N–H and O–H groups in total. The molecule has 4 nitrogen and oxygen atoms in total. The van der Waals surface area contributed by atoms with Crippen LogP contribution in [0.1, 0.15) is 12.8 Å². The van der Waals surface area contributed by atoms with Crippen LogP contribution in [0.15, 0.2) is 24.3 Å². The molecule has 0 heterocycles. The fraction of sp³-hybridized carbons (Fsp3) is 0.429. The molecular formula is C14H18O4. The number of unbranched alkanes of at least 4 members (excludes halogenated alkanes) is 1. The van der Waals surface area contributed by atoms with E-state index < -0.39 is 12.2 Å². The first-order chi connectivity index (χ1) is 8.72. The van der Waals surface area contributed by atoms with Crippen LogP contribution in [-0.4, -0.2) is 45.8 Å². The summed E-state index contributed by atoms with van der Waals surface area (Å²) in [5.74, 6) is 9.77. The van der Waals surface area contributed by atoms with Gasteiger partial charge in [-0.2, -0.15) is 0 Å². The van der Waals surface area contributed by atoms with Crippen molar-refractivity contribution in [1.82, 2.24) is 0 Å². The summed E-state index contributed by atoms with van der Waals surface area (Å²) < 4.78 is 0. The van der Waals surface area contributed by atoms with Crippen LogP contribution in [0.5, 0.6) is 0 Å². The second kappa shape index (κ2) is 11.9. The first-order valence-electron chi connectivity index (χ1n) is 5.63. The molecule has 0 rings (SSSR count). The van der Waals surface area contributed by atoms with Crippen LogP contribution in [0.3, 0.4) is 0 Å². The molecule has 2 unspecified atom stereocenters. The molecule has 2 atom stereocenters. The van der Waals surface area contributed by atoms with E-state index in [0.29, 0.717) is 12.8 Å². The summed E-state index contributed by atoms with van der Waals surface area (Å²) in [6.45, 7) is 0.0157. The number of aliphatic hydroxyl groups excluding tert-OH is 4. The van der Waals surface area contributed by atoms with Crippen molar-refractivity contribution in [3.63, 3.8) is 0 Å². The van der Waals surface area contributed by atoms with E-state index in [1.54, 1.807) is 6.08 Å². The SMILES string of the molecule is OC/C=C\C#CC#CC(O)C(O)/C=C/CCCO. The van der Waals surface area contributed by atoms with E-state index in [4.69, 9.17) is 10.2 Å². The van der Waals surface area contributed by atoms with Gasteiger partial charge in [0, 0.05) is 6.61 Å². The molecule has 0 aliphatic rings. The maximum atomic E-state index is 9.46. The van der Waals surface area contributed by atoms with Gasteiger partial charge in [0.25, 0.3) is 0 Å². The minimum absolute atomic E-state index is 0.0813. The first kappa shape index (κ1) is 16.4. The third-order valence-corrected chi connectivity index (χ3v) is 1.85. The fourth-order valence-electron chi connectivity index (χ4n) is 0.935. The molecule has 0 aromatic carbocycles. The predicted octanol–water partition coefficient (Wildman–Crippen LogP) is -0.408. The largest absolute Gasteiger partial charge is 0.396 e. The Bertz CT molecular complexity index is 376. The van der Waals surface area contributed by atoms with Crippen LogP contribution in [0, 0.1) is 23.7 Å². The molecule has 0 aliphatic carbocycles. The Morgan fingerprint density at radius 2 is 1.83 bits per heavy atom. The molecule has 0 amide bonds. The number of rotatable bonds is 6. The predicted molar refractivity (Wildman–Crippen MR) is 69.3 cm³/mol. The van der Waals surface area contributed by atoms with Crippen LogP contribution in [0.25, 0.3) is 0 Å². The summed E-state index contributed by atoms with van der Waals surface area (Å²) in [6, 6.07) is 0. The van der Waals surface area contributed by atoms with Crippen LogP contribution in [-0.2, 0) is 0 Å². The standard InChI is InChI=1S/C14H18O4/c15-11-7-3-1-2-5-9-13(17)14(18)10-6-4-8-12-16/h3,6-7,10,13-18H,4,8,11-12H2/b7-3-,10-6+. The van der Waals surface area contributed by atoms with Gasteiger partial charge < -0.3 is 20.4 Å². The lowest BCUT2D eigenvalue weighted by Gasteiger charge is -2.06. The number of hydrogen-bond acceptors (Lipinski definition) is 4. The van der Waals surface area contributed by atoms with Crippen LogP contribution in [0.2, 0.25) is 0 Å². The van der Waals surface area contributed by atoms with Gasteiger partial charge in [-0.25, -0.2) is 0 Å². The summed E-state index contributed by atoms with van der Waals surface area (Å²) in [7, 11) is 0. The molecule has 0 aromatic rings. The summed E-state index contributed by atoms with van der Waals surface area (Å²) in [4.78, 5) is 0. The molecule has 0 aliphatic heterocycles. The van der Waals surface area contributed by atoms with E-state index >= 15 is 0 Å². The van der Waals surface area contributed by atoms with Crippen LogP contribution in [0.4, 0.5) is 0 Å². The molecule has 0 aromatic heterocycles. The molecule has 0 bridgehead atoms. The highest BCUT2D eigenvalue weighted by Gasteiger charge is 2.08. The average molecular weight is 250 g/mol. The van der Waals surface area contributed by atoms with Crippen molar-refractivity contribution >= 4 is 0 Å². The van der Waals surface area contributed by atoms with Gasteiger partial charge in [-0.05, 0) is 30.8 Å². The van der Waals surface area contributed by atoms with Crippen molar-refractivity contribution < 1.29 is 20.4 Å². The van der Waals surface area contributed by atoms with E-state index in [1.807, 2.05) is 0 Å². The minimum Gasteiger partial charge on any atom is -0.396 e. The minimum atomic E-state index is -1.19. The zero-order valence-electron chi connectivity index (χ0n) is 10.1. The molecule has 18 heavy (non-hydrogen) atoms. The second-order valence-electron chi connectivity index (χ2n) is 3.35. The van der Waals surface area contributed by atoms with E-state index in [-0.39, 0.29) is 13.2 Å². The van der Waals surface area contributed by atoms with E-state index in [1.165, 1.54) is 18.2 Å². The van der Waals surface area contributed by atoms with Gasteiger partial charge in [0.1, 0.15) is 12.2 Å². The molecule has 0 spiro atoms. The Balaban J connectivity index is 4.09. The molecule has 98 valence electrons. The van der Waals surface area contributed by atoms with Gasteiger partial charge in [-0.1, -0.05) is 30.1 Å². The summed E-state index contributed by atoms with van der Waals surface area (Å²) in [5, 5.41) is 35.8. The molecule has 0 fully saturated rings. The van der Waals surface area contributed by atoms with Crippen molar-refractivity contribution in [2.45, 2.75) is 25.0 Å². The summed E-state index contributed by atoms with van der Waals surface area (Å²) in [6.07, 6.45) is 5.04. The third-order valence-electron chi connectivity index (χ3n) is 1.85. The lowest BCUT2D eigenvalue weighted by atomic mass is 10.1. The van der Waals surface area contributed by atoms with E-state index in [0.717, 1.165) is 0 Å². The summed E-state index contributed by atoms with van der Waals surface area (Å²) >= 11 is 0. The lowest BCUT2D eigenvalue weighted by Crippen LogP contribution is -2.21. The first-order valence-corrected chi connectivity index (χ1v) is 5.63. The molecule has 4 heteroatoms. The maximum Gasteiger partial charge on any atom is 0.145 e. The smallest absolute Gasteiger partial charge is 0.145 e. The summed E-state index contributed by atoms with van der Waals surface area (Å²) in [5.41, 5.74) is 0. The third kappa shape index (κ3) is 9.65. The van der Waals surface area contributed by atoms with Crippen molar-refractivity contribution in [3.05, 3.63) is 24.3 Å². The number of hydrogen-bond donors (Lipinski definition) is 4. The number of allylic oxidation sites excluding steroid dienone is 2. The fourth-order valence-corrected chi connectivity index (χ4v) is 0.935. The van der Waals surface area contributed by atoms with E-state index in [2.05, 4.69) is 23.7 Å². The quantitative estimate of drug-likeness (QED) is 0.293. The van der Waals surface area contributed by atoms with Gasteiger partial charge >= 0.3 is 0 Å². The van der Waals surface area contributed by atoms with E-state index in [9.17, 15) is 10.2 Å². The zero-order valence-corrected chi connectivity index (χ0v) is 10.1. The Hall–Kier alpha value is -1.56. The molecular weight excluding hydrogens is 232 g/mol. The van der Waals surface area contributed by atoms with Crippen molar-refractivity contribution in [1.29, 1.82) is 0 Å². The highest BCUT2D eigenvalue weighted by molar-refractivity contribution is 5.32. The van der Waals surface area contributed by atoms with Crippen molar-refractivity contribution in [3.8, 4) is 23.7 Å². The Morgan fingerprint density at radius 1 is 1.06 bits per heavy atom. The highest BCUT2D eigenvalue weighted by Crippen LogP contribution is 1.97. The number of aliphatic hydroxyl groups is 4. The van der Waals surface area contributed by atoms with Gasteiger partial charge in [0.05, 0.1) is 6.61 Å². The zero-order chi connectivity index (χ0) is 13.6. The molecule has 0 saturated carbocycles. The lowest BCUT2D eigenvalue weighted by molar-refractivity contribution is 0.0868. The second-order valence-corrected chi connectivity index (χ2v) is 3.35. The van der Waals surface area contributed by atoms with Gasteiger partial charge in [0.2, 0.25) is 0 Å². The topological polar surface area (TPSA) is 80.9 Å². The maximum absolute atomic E-state index is 9.46. The van der Waals surface area contributed by atoms with Crippen molar-refractivity contribution in [2.24, 2.45) is 0 Å². The molecule has 0 saturated heterocycles. The average Bonchev–Trinajstić information content (AvgIpc) is 2.38. The van der Waals surface area contributed by atoms with Crippen molar-refractivity contribution in [2.75, 3.05) is 13.2 Å². The Morgan fingerprint density at radius 3 is 2.50 bits per heavy atom. The Labute approximate surface area is 107 Å². The van der Waals surface area contributed by atoms with Gasteiger partial charge in [-0.3, -0.25) is 0 Å².